The third-order valence-electron chi connectivity index (χ3n) is 0.988. The van der Waals surface area contributed by atoms with Crippen LogP contribution in [0, 0.1) is 5.41 Å². The van der Waals surface area contributed by atoms with Crippen molar-refractivity contribution in [1.29, 1.82) is 5.41 Å². The summed E-state index contributed by atoms with van der Waals surface area (Å²) in [4.78, 5) is 3.85. The number of imidazole rings is 1. The van der Waals surface area contributed by atoms with Gasteiger partial charge < -0.3 is 9.98 Å². The standard InChI is InChI=1S/C5H7N3/c1-8-3-2-7-5(8)4-6/h2-4,6H,1H3. The third-order valence-corrected chi connectivity index (χ3v) is 0.988. The first kappa shape index (κ1) is 5.03. The molecule has 1 aromatic rings. The van der Waals surface area contributed by atoms with E-state index in [0.717, 1.165) is 0 Å². The average Bonchev–Trinajstić information content (AvgIpc) is 2.14. The average molecular weight is 109 g/mol. The summed E-state index contributed by atoms with van der Waals surface area (Å²) in [6.45, 7) is 0. The van der Waals surface area contributed by atoms with E-state index in [1.807, 2.05) is 7.05 Å². The van der Waals surface area contributed by atoms with Gasteiger partial charge in [-0.1, -0.05) is 0 Å². The summed E-state index contributed by atoms with van der Waals surface area (Å²) in [6.07, 6.45) is 4.70. The molecule has 0 fully saturated rings. The van der Waals surface area contributed by atoms with Gasteiger partial charge in [0.2, 0.25) is 0 Å². The van der Waals surface area contributed by atoms with Crippen LogP contribution in [0.2, 0.25) is 0 Å². The van der Waals surface area contributed by atoms with E-state index >= 15 is 0 Å². The topological polar surface area (TPSA) is 41.7 Å². The van der Waals surface area contributed by atoms with Gasteiger partial charge >= 0.3 is 0 Å². The summed E-state index contributed by atoms with van der Waals surface area (Å²) in [7, 11) is 1.85. The van der Waals surface area contributed by atoms with E-state index in [1.54, 1.807) is 17.0 Å². The van der Waals surface area contributed by atoms with E-state index in [-0.39, 0.29) is 0 Å². The molecule has 0 aliphatic heterocycles. The molecule has 0 aromatic carbocycles. The fourth-order valence-electron chi connectivity index (χ4n) is 0.516. The number of aromatic nitrogens is 2. The summed E-state index contributed by atoms with van der Waals surface area (Å²) in [5.41, 5.74) is 0. The molecule has 42 valence electrons. The summed E-state index contributed by atoms with van der Waals surface area (Å²) >= 11 is 0. The van der Waals surface area contributed by atoms with E-state index < -0.39 is 0 Å². The van der Waals surface area contributed by atoms with Crippen LogP contribution < -0.4 is 0 Å². The lowest BCUT2D eigenvalue weighted by atomic mass is 10.7. The Bertz CT molecular complexity index is 189. The van der Waals surface area contributed by atoms with Crippen molar-refractivity contribution in [2.75, 3.05) is 0 Å². The van der Waals surface area contributed by atoms with Crippen LogP contribution in [0.4, 0.5) is 0 Å². The molecule has 0 unspecified atom stereocenters. The first-order valence-electron chi connectivity index (χ1n) is 2.32. The molecule has 0 aliphatic rings. The molecule has 1 rings (SSSR count). The fourth-order valence-corrected chi connectivity index (χ4v) is 0.516. The van der Waals surface area contributed by atoms with Gasteiger partial charge in [-0.3, -0.25) is 0 Å². The van der Waals surface area contributed by atoms with Crippen molar-refractivity contribution < 1.29 is 0 Å². The number of nitrogens with one attached hydrogen (secondary N) is 1. The van der Waals surface area contributed by atoms with Crippen LogP contribution >= 0.6 is 0 Å². The van der Waals surface area contributed by atoms with Crippen LogP contribution in [0.5, 0.6) is 0 Å². The first-order chi connectivity index (χ1) is 3.84. The van der Waals surface area contributed by atoms with Crippen LogP contribution in [-0.2, 0) is 7.05 Å². The van der Waals surface area contributed by atoms with Crippen LogP contribution in [0.15, 0.2) is 12.4 Å². The minimum absolute atomic E-state index is 0.685. The Morgan fingerprint density at radius 3 is 2.88 bits per heavy atom. The predicted octanol–water partition coefficient (Wildman–Crippen LogP) is 0.418. The molecular weight excluding hydrogens is 102 g/mol. The second kappa shape index (κ2) is 1.78. The number of aryl methyl sites for hydroxylation is 1. The first-order valence-corrected chi connectivity index (χ1v) is 2.32. The third kappa shape index (κ3) is 0.621. The molecule has 0 amide bonds. The predicted molar refractivity (Wildman–Crippen MR) is 31.1 cm³/mol. The Morgan fingerprint density at radius 1 is 1.88 bits per heavy atom. The Labute approximate surface area is 47.5 Å². The smallest absolute Gasteiger partial charge is 0.150 e. The van der Waals surface area contributed by atoms with Crippen LogP contribution in [-0.4, -0.2) is 15.8 Å². The number of hydrogen-bond acceptors (Lipinski definition) is 2. The number of rotatable bonds is 1. The highest BCUT2D eigenvalue weighted by molar-refractivity contribution is 5.71. The quantitative estimate of drug-likeness (QED) is 0.521. The minimum atomic E-state index is 0.685. The van der Waals surface area contributed by atoms with Crippen molar-refractivity contribution in [3.8, 4) is 0 Å². The lowest BCUT2D eigenvalue weighted by Crippen LogP contribution is -1.92. The molecule has 3 heteroatoms. The minimum Gasteiger partial charge on any atom is -0.333 e. The van der Waals surface area contributed by atoms with Crippen molar-refractivity contribution in [2.45, 2.75) is 0 Å². The maximum Gasteiger partial charge on any atom is 0.150 e. The van der Waals surface area contributed by atoms with E-state index in [0.29, 0.717) is 5.82 Å². The highest BCUT2D eigenvalue weighted by atomic mass is 15.0. The SMILES string of the molecule is Cn1ccnc1C=N. The van der Waals surface area contributed by atoms with Gasteiger partial charge in [0.1, 0.15) is 5.82 Å². The second-order valence-corrected chi connectivity index (χ2v) is 1.54. The Balaban J connectivity index is 3.09. The van der Waals surface area contributed by atoms with Crippen LogP contribution in [0.25, 0.3) is 0 Å². The fraction of sp³-hybridized carbons (Fsp3) is 0.200. The lowest BCUT2D eigenvalue weighted by Gasteiger charge is -1.88. The molecule has 0 atom stereocenters. The van der Waals surface area contributed by atoms with E-state index in [1.165, 1.54) is 6.21 Å². The van der Waals surface area contributed by atoms with Crippen molar-refractivity contribution >= 4 is 6.21 Å². The van der Waals surface area contributed by atoms with Crippen molar-refractivity contribution in [3.63, 3.8) is 0 Å². The highest BCUT2D eigenvalue weighted by Gasteiger charge is 1.88. The van der Waals surface area contributed by atoms with Crippen molar-refractivity contribution in [1.82, 2.24) is 9.55 Å². The van der Waals surface area contributed by atoms with Crippen molar-refractivity contribution in [2.24, 2.45) is 7.05 Å². The zero-order valence-corrected chi connectivity index (χ0v) is 4.63. The van der Waals surface area contributed by atoms with E-state index in [4.69, 9.17) is 5.41 Å². The van der Waals surface area contributed by atoms with Gasteiger partial charge in [0.25, 0.3) is 0 Å². The summed E-state index contributed by atoms with van der Waals surface area (Å²) < 4.78 is 1.78. The number of hydrogen-bond donors (Lipinski definition) is 1. The second-order valence-electron chi connectivity index (χ2n) is 1.54. The van der Waals surface area contributed by atoms with Gasteiger partial charge in [-0.05, 0) is 0 Å². The van der Waals surface area contributed by atoms with Gasteiger partial charge in [-0.2, -0.15) is 0 Å². The van der Waals surface area contributed by atoms with E-state index in [9.17, 15) is 0 Å². The Hall–Kier alpha value is -1.12. The van der Waals surface area contributed by atoms with Gasteiger partial charge in [0.05, 0.1) is 6.21 Å². The molecule has 3 nitrogen and oxygen atoms in total. The monoisotopic (exact) mass is 109 g/mol. The molecule has 1 heterocycles. The molecule has 0 saturated heterocycles. The molecule has 1 aromatic heterocycles. The summed E-state index contributed by atoms with van der Waals surface area (Å²) in [5, 5.41) is 6.79. The zero-order chi connectivity index (χ0) is 5.98. The maximum atomic E-state index is 6.79. The van der Waals surface area contributed by atoms with Crippen LogP contribution in [0.1, 0.15) is 5.82 Å². The highest BCUT2D eigenvalue weighted by Crippen LogP contribution is 1.86. The molecular formula is C5H7N3. The largest absolute Gasteiger partial charge is 0.333 e. The molecule has 1 N–H and O–H groups in total. The Kier molecular flexibility index (Phi) is 1.12. The summed E-state index contributed by atoms with van der Waals surface area (Å²) in [5.74, 6) is 0.685. The maximum absolute atomic E-state index is 6.79. The van der Waals surface area contributed by atoms with Gasteiger partial charge in [-0.25, -0.2) is 4.98 Å². The molecule has 0 bridgehead atoms. The van der Waals surface area contributed by atoms with Gasteiger partial charge in [-0.15, -0.1) is 0 Å². The van der Waals surface area contributed by atoms with Crippen molar-refractivity contribution in [3.05, 3.63) is 18.2 Å². The summed E-state index contributed by atoms with van der Waals surface area (Å²) in [6, 6.07) is 0. The Morgan fingerprint density at radius 2 is 2.62 bits per heavy atom. The molecule has 8 heavy (non-hydrogen) atoms. The lowest BCUT2D eigenvalue weighted by molar-refractivity contribution is 0.901. The molecule has 0 aliphatic carbocycles. The number of nitrogens with zero attached hydrogens (tertiary/aromatic N) is 2. The zero-order valence-electron chi connectivity index (χ0n) is 4.63. The normalized spacial score (nSPS) is 9.12. The van der Waals surface area contributed by atoms with Crippen LogP contribution in [0.3, 0.4) is 0 Å². The molecule has 0 saturated carbocycles. The molecule has 0 spiro atoms. The molecule has 0 radical (unpaired) electrons. The van der Waals surface area contributed by atoms with Gasteiger partial charge in [0, 0.05) is 19.4 Å². The van der Waals surface area contributed by atoms with E-state index in [2.05, 4.69) is 4.98 Å². The van der Waals surface area contributed by atoms with Gasteiger partial charge in [0.15, 0.2) is 0 Å².